The Morgan fingerprint density at radius 1 is 1.16 bits per heavy atom. The van der Waals surface area contributed by atoms with Crippen molar-refractivity contribution in [1.29, 1.82) is 0 Å². The summed E-state index contributed by atoms with van der Waals surface area (Å²) >= 11 is 0. The number of benzene rings is 1. The van der Waals surface area contributed by atoms with E-state index in [0.717, 1.165) is 19.1 Å². The Labute approximate surface area is 179 Å². The monoisotopic (exact) mass is 445 g/mol. The van der Waals surface area contributed by atoms with Crippen LogP contribution in [-0.2, 0) is 9.84 Å². The number of carbonyl (C=O) groups excluding carboxylic acids is 1. The van der Waals surface area contributed by atoms with Crippen LogP contribution in [0.4, 0.5) is 0 Å². The highest BCUT2D eigenvalue weighted by Gasteiger charge is 2.31. The zero-order valence-electron chi connectivity index (χ0n) is 17.5. The van der Waals surface area contributed by atoms with E-state index >= 15 is 0 Å². The lowest BCUT2D eigenvalue weighted by Gasteiger charge is -2.33. The molecule has 2 aromatic heterocycles. The number of carbonyl (C=O) groups is 1. The van der Waals surface area contributed by atoms with Crippen LogP contribution in [-0.4, -0.2) is 72.4 Å². The Hall–Kier alpha value is -3.21. The molecule has 1 saturated heterocycles. The SMILES string of the molecule is COc1ccc(C(=O)N2CCCC(c3c(S(C)(=O)=O)cnc4ncnn34)C2)cc1OC. The van der Waals surface area contributed by atoms with Gasteiger partial charge in [-0.25, -0.2) is 13.4 Å². The number of sulfone groups is 1. The summed E-state index contributed by atoms with van der Waals surface area (Å²) in [5, 5.41) is 4.18. The smallest absolute Gasteiger partial charge is 0.254 e. The summed E-state index contributed by atoms with van der Waals surface area (Å²) in [7, 11) is -0.492. The molecular formula is C20H23N5O5S. The third kappa shape index (κ3) is 3.92. The molecule has 0 saturated carbocycles. The van der Waals surface area contributed by atoms with Gasteiger partial charge in [0.25, 0.3) is 11.7 Å². The number of ether oxygens (including phenoxy) is 2. The van der Waals surface area contributed by atoms with E-state index in [1.807, 2.05) is 0 Å². The van der Waals surface area contributed by atoms with Crippen molar-refractivity contribution in [3.8, 4) is 11.5 Å². The first kappa shape index (κ1) is 21.0. The third-order valence-corrected chi connectivity index (χ3v) is 6.55. The average Bonchev–Trinajstić information content (AvgIpc) is 3.25. The van der Waals surface area contributed by atoms with E-state index in [2.05, 4.69) is 15.1 Å². The maximum Gasteiger partial charge on any atom is 0.254 e. The molecule has 10 nitrogen and oxygen atoms in total. The second kappa shape index (κ2) is 8.14. The fourth-order valence-electron chi connectivity index (χ4n) is 3.98. The molecule has 1 aliphatic rings. The van der Waals surface area contributed by atoms with E-state index in [-0.39, 0.29) is 16.7 Å². The largest absolute Gasteiger partial charge is 0.493 e. The number of piperidine rings is 1. The molecule has 0 spiro atoms. The van der Waals surface area contributed by atoms with Gasteiger partial charge in [0.1, 0.15) is 11.2 Å². The minimum absolute atomic E-state index is 0.107. The van der Waals surface area contributed by atoms with E-state index in [9.17, 15) is 13.2 Å². The van der Waals surface area contributed by atoms with Crippen molar-refractivity contribution < 1.29 is 22.7 Å². The summed E-state index contributed by atoms with van der Waals surface area (Å²) in [4.78, 5) is 23.2. The zero-order valence-corrected chi connectivity index (χ0v) is 18.3. The van der Waals surface area contributed by atoms with Crippen molar-refractivity contribution in [3.05, 3.63) is 42.0 Å². The summed E-state index contributed by atoms with van der Waals surface area (Å²) in [6, 6.07) is 5.03. The van der Waals surface area contributed by atoms with Gasteiger partial charge in [0.15, 0.2) is 21.3 Å². The molecule has 1 fully saturated rings. The number of fused-ring (bicyclic) bond motifs is 1. The van der Waals surface area contributed by atoms with Crippen LogP contribution in [0.1, 0.15) is 34.8 Å². The fraction of sp³-hybridized carbons (Fsp3) is 0.400. The Morgan fingerprint density at radius 2 is 1.94 bits per heavy atom. The predicted molar refractivity (Wildman–Crippen MR) is 111 cm³/mol. The number of hydrogen-bond donors (Lipinski definition) is 0. The van der Waals surface area contributed by atoms with Gasteiger partial charge in [0, 0.05) is 30.8 Å². The van der Waals surface area contributed by atoms with Crippen LogP contribution in [0, 0.1) is 0 Å². The standard InChI is InChI=1S/C20H23N5O5S/c1-29-15-7-6-13(9-16(15)30-2)19(26)24-8-4-5-14(11-24)18-17(31(3,27)28)10-21-20-22-12-23-25(18)20/h6-7,9-10,12,14H,4-5,8,11H2,1-3H3. The van der Waals surface area contributed by atoms with Crippen LogP contribution < -0.4 is 9.47 Å². The summed E-state index contributed by atoms with van der Waals surface area (Å²) in [5.41, 5.74) is 0.983. The van der Waals surface area contributed by atoms with Crippen molar-refractivity contribution in [1.82, 2.24) is 24.5 Å². The van der Waals surface area contributed by atoms with Crippen LogP contribution in [0.25, 0.3) is 5.78 Å². The molecule has 0 bridgehead atoms. The highest BCUT2D eigenvalue weighted by atomic mass is 32.2. The molecule has 1 amide bonds. The average molecular weight is 446 g/mol. The van der Waals surface area contributed by atoms with Gasteiger partial charge in [0.05, 0.1) is 26.1 Å². The predicted octanol–water partition coefficient (Wildman–Crippen LogP) is 1.56. The number of likely N-dealkylation sites (tertiary alicyclic amines) is 1. The minimum Gasteiger partial charge on any atom is -0.493 e. The number of nitrogens with zero attached hydrogens (tertiary/aromatic N) is 5. The molecule has 11 heteroatoms. The molecule has 0 radical (unpaired) electrons. The minimum atomic E-state index is -3.54. The van der Waals surface area contributed by atoms with E-state index in [1.165, 1.54) is 31.3 Å². The van der Waals surface area contributed by atoms with E-state index in [0.29, 0.717) is 41.6 Å². The van der Waals surface area contributed by atoms with Gasteiger partial charge in [0.2, 0.25) is 0 Å². The van der Waals surface area contributed by atoms with Gasteiger partial charge in [-0.1, -0.05) is 0 Å². The van der Waals surface area contributed by atoms with Crippen molar-refractivity contribution in [2.24, 2.45) is 0 Å². The number of rotatable bonds is 5. The maximum absolute atomic E-state index is 13.2. The number of aromatic nitrogens is 4. The Balaban J connectivity index is 1.69. The third-order valence-electron chi connectivity index (χ3n) is 5.43. The lowest BCUT2D eigenvalue weighted by molar-refractivity contribution is 0.0704. The first-order chi connectivity index (χ1) is 14.8. The maximum atomic E-state index is 13.2. The zero-order chi connectivity index (χ0) is 22.2. The van der Waals surface area contributed by atoms with Gasteiger partial charge in [-0.15, -0.1) is 0 Å². The van der Waals surface area contributed by atoms with Crippen molar-refractivity contribution in [2.75, 3.05) is 33.6 Å². The number of amides is 1. The molecule has 4 rings (SSSR count). The van der Waals surface area contributed by atoms with Crippen LogP contribution in [0.2, 0.25) is 0 Å². The fourth-order valence-corrected chi connectivity index (χ4v) is 4.85. The quantitative estimate of drug-likeness (QED) is 0.581. The van der Waals surface area contributed by atoms with Crippen LogP contribution in [0.5, 0.6) is 11.5 Å². The van der Waals surface area contributed by atoms with E-state index in [1.54, 1.807) is 23.1 Å². The summed E-state index contributed by atoms with van der Waals surface area (Å²) in [5.74, 6) is 0.953. The lowest BCUT2D eigenvalue weighted by Crippen LogP contribution is -2.40. The number of methoxy groups -OCH3 is 2. The molecule has 3 aromatic rings. The molecular weight excluding hydrogens is 422 g/mol. The van der Waals surface area contributed by atoms with Crippen molar-refractivity contribution in [3.63, 3.8) is 0 Å². The highest BCUT2D eigenvalue weighted by Crippen LogP contribution is 2.33. The molecule has 1 aliphatic heterocycles. The summed E-state index contributed by atoms with van der Waals surface area (Å²) in [6.07, 6.45) is 5.26. The van der Waals surface area contributed by atoms with E-state index in [4.69, 9.17) is 9.47 Å². The molecule has 1 unspecified atom stereocenters. The van der Waals surface area contributed by atoms with Crippen molar-refractivity contribution in [2.45, 2.75) is 23.7 Å². The highest BCUT2D eigenvalue weighted by molar-refractivity contribution is 7.90. The van der Waals surface area contributed by atoms with Crippen LogP contribution in [0.15, 0.2) is 35.6 Å². The molecule has 1 atom stereocenters. The second-order valence-corrected chi connectivity index (χ2v) is 9.40. The Bertz CT molecular complexity index is 1240. The van der Waals surface area contributed by atoms with E-state index < -0.39 is 9.84 Å². The van der Waals surface area contributed by atoms with Gasteiger partial charge in [-0.05, 0) is 31.0 Å². The number of hydrogen-bond acceptors (Lipinski definition) is 8. The van der Waals surface area contributed by atoms with Gasteiger partial charge in [-0.3, -0.25) is 4.79 Å². The molecule has 3 heterocycles. The summed E-state index contributed by atoms with van der Waals surface area (Å²) in [6.45, 7) is 0.929. The van der Waals surface area contributed by atoms with Gasteiger partial charge < -0.3 is 14.4 Å². The molecule has 0 N–H and O–H groups in total. The van der Waals surface area contributed by atoms with Crippen LogP contribution >= 0.6 is 0 Å². The first-order valence-electron chi connectivity index (χ1n) is 9.73. The molecule has 0 aliphatic carbocycles. The lowest BCUT2D eigenvalue weighted by atomic mass is 9.94. The van der Waals surface area contributed by atoms with Gasteiger partial charge >= 0.3 is 0 Å². The second-order valence-electron chi connectivity index (χ2n) is 7.41. The topological polar surface area (TPSA) is 116 Å². The van der Waals surface area contributed by atoms with Crippen molar-refractivity contribution >= 4 is 21.5 Å². The summed E-state index contributed by atoms with van der Waals surface area (Å²) < 4.78 is 36.9. The van der Waals surface area contributed by atoms with Gasteiger partial charge in [-0.2, -0.15) is 14.6 Å². The first-order valence-corrected chi connectivity index (χ1v) is 11.6. The van der Waals surface area contributed by atoms with Crippen LogP contribution in [0.3, 0.4) is 0 Å². The molecule has 164 valence electrons. The Kier molecular flexibility index (Phi) is 5.52. The molecule has 31 heavy (non-hydrogen) atoms. The molecule has 1 aromatic carbocycles. The normalized spacial score (nSPS) is 17.0. The Morgan fingerprint density at radius 3 is 2.65 bits per heavy atom.